The van der Waals surface area contributed by atoms with Gasteiger partial charge in [-0.15, -0.1) is 21.5 Å². The number of aromatic nitrogens is 2. The minimum Gasteiger partial charge on any atom is -0.454 e. The first-order valence-electron chi connectivity index (χ1n) is 9.60. The summed E-state index contributed by atoms with van der Waals surface area (Å²) in [6, 6.07) is 11.1. The Labute approximate surface area is 176 Å². The van der Waals surface area contributed by atoms with Gasteiger partial charge in [0.15, 0.2) is 5.01 Å². The maximum Gasteiger partial charge on any atom is 0.348 e. The number of ether oxygens (including phenoxy) is 1. The third-order valence-corrected chi connectivity index (χ3v) is 7.10. The topological polar surface area (TPSA) is 81.2 Å². The van der Waals surface area contributed by atoms with Crippen LogP contribution in [-0.2, 0) is 24.2 Å². The molecule has 1 amide bonds. The molecule has 1 N–H and O–H groups in total. The zero-order chi connectivity index (χ0) is 20.2. The molecule has 6 nitrogen and oxygen atoms in total. The van der Waals surface area contributed by atoms with E-state index in [-0.39, 0.29) is 23.5 Å². The van der Waals surface area contributed by atoms with Crippen LogP contribution in [0.4, 0.5) is 5.69 Å². The molecule has 0 saturated carbocycles. The zero-order valence-electron chi connectivity index (χ0n) is 16.0. The maximum absolute atomic E-state index is 12.4. The summed E-state index contributed by atoms with van der Waals surface area (Å²) >= 11 is 2.65. The number of amides is 1. The molecule has 1 aromatic carbocycles. The molecule has 4 rings (SSSR count). The molecule has 8 heteroatoms. The number of benzene rings is 1. The Bertz CT molecular complexity index is 1010. The van der Waals surface area contributed by atoms with Crippen LogP contribution in [0, 0.1) is 5.92 Å². The van der Waals surface area contributed by atoms with Crippen LogP contribution in [0.1, 0.15) is 54.7 Å². The molecule has 2 aromatic heterocycles. The summed E-state index contributed by atoms with van der Waals surface area (Å²) in [6.45, 7) is 2.23. The summed E-state index contributed by atoms with van der Waals surface area (Å²) in [7, 11) is 0. The van der Waals surface area contributed by atoms with Crippen molar-refractivity contribution < 1.29 is 14.3 Å². The lowest BCUT2D eigenvalue weighted by Crippen LogP contribution is -2.11. The minimum absolute atomic E-state index is 0.00920. The molecule has 3 aromatic rings. The Hall–Kier alpha value is -2.58. The molecule has 0 bridgehead atoms. The van der Waals surface area contributed by atoms with Crippen molar-refractivity contribution in [2.24, 2.45) is 5.92 Å². The van der Waals surface area contributed by atoms with Crippen LogP contribution in [0.3, 0.4) is 0 Å². The van der Waals surface area contributed by atoms with Crippen LogP contribution < -0.4 is 5.32 Å². The number of nitrogens with one attached hydrogen (secondary N) is 1. The van der Waals surface area contributed by atoms with Crippen LogP contribution in [-0.4, -0.2) is 22.1 Å². The second kappa shape index (κ2) is 8.84. The summed E-state index contributed by atoms with van der Waals surface area (Å²) in [6.07, 6.45) is 4.46. The van der Waals surface area contributed by atoms with E-state index in [1.807, 2.05) is 24.3 Å². The molecule has 1 atom stereocenters. The van der Waals surface area contributed by atoms with Gasteiger partial charge in [-0.05, 0) is 48.9 Å². The minimum atomic E-state index is -0.345. The third kappa shape index (κ3) is 4.71. The Morgan fingerprint density at radius 2 is 2.03 bits per heavy atom. The van der Waals surface area contributed by atoms with Crippen molar-refractivity contribution in [1.29, 1.82) is 0 Å². The van der Waals surface area contributed by atoms with Crippen molar-refractivity contribution in [3.05, 3.63) is 61.7 Å². The van der Waals surface area contributed by atoms with Gasteiger partial charge in [-0.2, -0.15) is 0 Å². The number of nitrogens with zero attached hydrogens (tertiary/aromatic N) is 2. The number of anilines is 1. The highest BCUT2D eigenvalue weighted by molar-refractivity contribution is 7.14. The third-order valence-electron chi connectivity index (χ3n) is 4.98. The average molecular weight is 428 g/mol. The molecule has 0 unspecified atom stereocenters. The number of hydrogen-bond acceptors (Lipinski definition) is 7. The highest BCUT2D eigenvalue weighted by Crippen LogP contribution is 2.34. The van der Waals surface area contributed by atoms with Crippen molar-refractivity contribution in [1.82, 2.24) is 10.2 Å². The van der Waals surface area contributed by atoms with E-state index in [2.05, 4.69) is 22.4 Å². The molecule has 150 valence electrons. The number of rotatable bonds is 6. The number of aryl methyl sites for hydroxylation is 1. The second-order valence-corrected chi connectivity index (χ2v) is 9.17. The van der Waals surface area contributed by atoms with Gasteiger partial charge in [-0.25, -0.2) is 4.79 Å². The number of carbonyl (C=O) groups excluding carboxylic acids is 2. The van der Waals surface area contributed by atoms with E-state index >= 15 is 0 Å². The van der Waals surface area contributed by atoms with Gasteiger partial charge in [0.1, 0.15) is 11.5 Å². The van der Waals surface area contributed by atoms with Crippen LogP contribution >= 0.6 is 22.7 Å². The van der Waals surface area contributed by atoms with Gasteiger partial charge >= 0.3 is 5.97 Å². The number of hydrogen-bond donors (Lipinski definition) is 1. The number of thiophene rings is 1. The van der Waals surface area contributed by atoms with Gasteiger partial charge in [0, 0.05) is 10.6 Å². The lowest BCUT2D eigenvalue weighted by Gasteiger charge is -2.19. The molecule has 0 aliphatic heterocycles. The Balaban J connectivity index is 1.33. The predicted octanol–water partition coefficient (Wildman–Crippen LogP) is 4.72. The SMILES string of the molecule is CC[C@H]1CCc2sc(C(=O)OCc3nnc(C(=O)Nc4ccccc4)s3)cc2C1. The van der Waals surface area contributed by atoms with Gasteiger partial charge in [-0.3, -0.25) is 4.79 Å². The molecule has 0 saturated heterocycles. The lowest BCUT2D eigenvalue weighted by atomic mass is 9.87. The largest absolute Gasteiger partial charge is 0.454 e. The van der Waals surface area contributed by atoms with Gasteiger partial charge in [0.25, 0.3) is 5.91 Å². The fourth-order valence-corrected chi connectivity index (χ4v) is 5.11. The second-order valence-electron chi connectivity index (χ2n) is 6.97. The summed E-state index contributed by atoms with van der Waals surface area (Å²) in [5.74, 6) is 0.0356. The molecule has 2 heterocycles. The highest BCUT2D eigenvalue weighted by atomic mass is 32.1. The number of para-hydroxylation sites is 1. The Morgan fingerprint density at radius 1 is 1.21 bits per heavy atom. The number of carbonyl (C=O) groups is 2. The molecule has 0 radical (unpaired) electrons. The zero-order valence-corrected chi connectivity index (χ0v) is 17.6. The summed E-state index contributed by atoms with van der Waals surface area (Å²) in [5, 5.41) is 11.4. The van der Waals surface area contributed by atoms with Crippen molar-refractivity contribution in [3.8, 4) is 0 Å². The molecule has 1 aliphatic rings. The van der Waals surface area contributed by atoms with Crippen molar-refractivity contribution in [3.63, 3.8) is 0 Å². The molecular weight excluding hydrogens is 406 g/mol. The van der Waals surface area contributed by atoms with Crippen LogP contribution in [0.25, 0.3) is 0 Å². The molecule has 29 heavy (non-hydrogen) atoms. The van der Waals surface area contributed by atoms with Gasteiger partial charge < -0.3 is 10.1 Å². The predicted molar refractivity (Wildman–Crippen MR) is 114 cm³/mol. The van der Waals surface area contributed by atoms with Crippen molar-refractivity contribution in [2.45, 2.75) is 39.2 Å². The molecule has 1 aliphatic carbocycles. The Kier molecular flexibility index (Phi) is 6.01. The molecule has 0 spiro atoms. The standard InChI is InChI=1S/C21H21N3O3S2/c1-2-13-8-9-16-14(10-13)11-17(28-16)21(26)27-12-18-23-24-20(29-18)19(25)22-15-6-4-3-5-7-15/h3-7,11,13H,2,8-10,12H2,1H3,(H,22,25)/t13-/m0/s1. The smallest absolute Gasteiger partial charge is 0.348 e. The average Bonchev–Trinajstić information content (AvgIpc) is 3.39. The highest BCUT2D eigenvalue weighted by Gasteiger charge is 2.23. The van der Waals surface area contributed by atoms with Crippen molar-refractivity contribution >= 4 is 40.2 Å². The van der Waals surface area contributed by atoms with E-state index in [0.717, 1.165) is 24.2 Å². The van der Waals surface area contributed by atoms with E-state index < -0.39 is 0 Å². The first-order chi connectivity index (χ1) is 14.1. The summed E-state index contributed by atoms with van der Waals surface area (Å²) < 4.78 is 5.40. The Morgan fingerprint density at radius 3 is 2.83 bits per heavy atom. The van der Waals surface area contributed by atoms with E-state index in [1.54, 1.807) is 12.1 Å². The summed E-state index contributed by atoms with van der Waals surface area (Å²) in [4.78, 5) is 26.6. The molecule has 0 fully saturated rings. The normalized spacial score (nSPS) is 15.6. The first-order valence-corrected chi connectivity index (χ1v) is 11.2. The first kappa shape index (κ1) is 19.7. The number of esters is 1. The maximum atomic E-state index is 12.4. The fraction of sp³-hybridized carbons (Fsp3) is 0.333. The van der Waals surface area contributed by atoms with Gasteiger partial charge in [0.05, 0.1) is 0 Å². The summed E-state index contributed by atoms with van der Waals surface area (Å²) in [5.41, 5.74) is 1.98. The van der Waals surface area contributed by atoms with Gasteiger partial charge in [-0.1, -0.05) is 42.9 Å². The monoisotopic (exact) mass is 427 g/mol. The van der Waals surface area contributed by atoms with E-state index in [9.17, 15) is 9.59 Å². The van der Waals surface area contributed by atoms with Crippen LogP contribution in [0.15, 0.2) is 36.4 Å². The fourth-order valence-electron chi connectivity index (χ4n) is 3.36. The van der Waals surface area contributed by atoms with Crippen molar-refractivity contribution in [2.75, 3.05) is 5.32 Å². The number of fused-ring (bicyclic) bond motifs is 1. The van der Waals surface area contributed by atoms with Crippen LogP contribution in [0.5, 0.6) is 0 Å². The van der Waals surface area contributed by atoms with Crippen LogP contribution in [0.2, 0.25) is 0 Å². The lowest BCUT2D eigenvalue weighted by molar-refractivity contribution is 0.0477. The van der Waals surface area contributed by atoms with E-state index in [0.29, 0.717) is 21.5 Å². The quantitative estimate of drug-likeness (QED) is 0.576. The van der Waals surface area contributed by atoms with E-state index in [1.165, 1.54) is 34.6 Å². The van der Waals surface area contributed by atoms with E-state index in [4.69, 9.17) is 4.74 Å². The van der Waals surface area contributed by atoms with Gasteiger partial charge in [0.2, 0.25) is 5.01 Å². The molecular formula is C21H21N3O3S2.